The van der Waals surface area contributed by atoms with E-state index in [0.717, 1.165) is 6.26 Å². The quantitative estimate of drug-likeness (QED) is 0.735. The molecule has 0 bridgehead atoms. The van der Waals surface area contributed by atoms with Crippen molar-refractivity contribution in [1.82, 2.24) is 4.90 Å². The van der Waals surface area contributed by atoms with Gasteiger partial charge in [-0.15, -0.1) is 0 Å². The molecule has 0 aliphatic heterocycles. The van der Waals surface area contributed by atoms with Gasteiger partial charge in [0.25, 0.3) is 5.91 Å². The Morgan fingerprint density at radius 1 is 1.29 bits per heavy atom. The second kappa shape index (κ2) is 7.21. The number of nitrogens with zero attached hydrogens (tertiary/aromatic N) is 1. The van der Waals surface area contributed by atoms with Crippen molar-refractivity contribution in [3.8, 4) is 0 Å². The molecule has 1 aromatic carbocycles. The van der Waals surface area contributed by atoms with E-state index in [1.54, 1.807) is 13.1 Å². The number of ether oxygens (including phenoxy) is 1. The number of carbonyl (C=O) groups is 2. The van der Waals surface area contributed by atoms with Gasteiger partial charge in [0.15, 0.2) is 9.84 Å². The van der Waals surface area contributed by atoms with E-state index < -0.39 is 9.84 Å². The second-order valence-corrected chi connectivity index (χ2v) is 6.72. The molecule has 7 heteroatoms. The summed E-state index contributed by atoms with van der Waals surface area (Å²) in [5.74, 6) is -0.611. The van der Waals surface area contributed by atoms with E-state index in [2.05, 4.69) is 4.74 Å². The molecule has 0 fully saturated rings. The highest BCUT2D eigenvalue weighted by Gasteiger charge is 2.15. The van der Waals surface area contributed by atoms with Crippen molar-refractivity contribution in [1.29, 1.82) is 0 Å². The summed E-state index contributed by atoms with van der Waals surface area (Å²) in [6, 6.07) is 5.90. The van der Waals surface area contributed by atoms with Gasteiger partial charge in [-0.05, 0) is 24.6 Å². The van der Waals surface area contributed by atoms with E-state index in [4.69, 9.17) is 0 Å². The third kappa shape index (κ3) is 5.18. The Bertz CT molecular complexity index is 624. The monoisotopic (exact) mass is 313 g/mol. The number of esters is 1. The Morgan fingerprint density at radius 3 is 2.52 bits per heavy atom. The molecule has 0 heterocycles. The number of hydrogen-bond donors (Lipinski definition) is 0. The first-order valence-electron chi connectivity index (χ1n) is 6.38. The lowest BCUT2D eigenvalue weighted by Crippen LogP contribution is -2.28. The number of hydrogen-bond acceptors (Lipinski definition) is 5. The van der Waals surface area contributed by atoms with Crippen molar-refractivity contribution in [2.75, 3.05) is 27.0 Å². The van der Waals surface area contributed by atoms with Crippen LogP contribution in [0, 0.1) is 0 Å². The number of sulfone groups is 1. The van der Waals surface area contributed by atoms with Gasteiger partial charge in [0.05, 0.1) is 12.0 Å². The van der Waals surface area contributed by atoms with Gasteiger partial charge in [-0.2, -0.15) is 0 Å². The lowest BCUT2D eigenvalue weighted by molar-refractivity contribution is -0.140. The van der Waals surface area contributed by atoms with Gasteiger partial charge in [-0.3, -0.25) is 9.59 Å². The highest BCUT2D eigenvalue weighted by Crippen LogP contribution is 2.13. The van der Waals surface area contributed by atoms with Crippen molar-refractivity contribution in [2.24, 2.45) is 0 Å². The fourth-order valence-corrected chi connectivity index (χ4v) is 2.41. The summed E-state index contributed by atoms with van der Waals surface area (Å²) >= 11 is 0. The zero-order chi connectivity index (χ0) is 16.0. The van der Waals surface area contributed by atoms with Crippen molar-refractivity contribution in [3.63, 3.8) is 0 Å². The summed E-state index contributed by atoms with van der Waals surface area (Å²) in [7, 11) is -0.431. The van der Waals surface area contributed by atoms with Gasteiger partial charge < -0.3 is 9.64 Å². The van der Waals surface area contributed by atoms with Gasteiger partial charge in [0.1, 0.15) is 0 Å². The van der Waals surface area contributed by atoms with Crippen LogP contribution in [0.25, 0.3) is 0 Å². The predicted octanol–water partition coefficient (Wildman–Crippen LogP) is 1.12. The zero-order valence-electron chi connectivity index (χ0n) is 12.3. The Balaban J connectivity index is 2.72. The van der Waals surface area contributed by atoms with Crippen molar-refractivity contribution in [3.05, 3.63) is 29.8 Å². The van der Waals surface area contributed by atoms with Gasteiger partial charge in [0, 0.05) is 31.8 Å². The van der Waals surface area contributed by atoms with Crippen LogP contribution in [-0.4, -0.2) is 52.2 Å². The fourth-order valence-electron chi connectivity index (χ4n) is 1.74. The first-order valence-corrected chi connectivity index (χ1v) is 8.27. The summed E-state index contributed by atoms with van der Waals surface area (Å²) in [4.78, 5) is 24.7. The van der Waals surface area contributed by atoms with Crippen LogP contribution in [0.4, 0.5) is 0 Å². The van der Waals surface area contributed by atoms with E-state index >= 15 is 0 Å². The van der Waals surface area contributed by atoms with Gasteiger partial charge in [-0.25, -0.2) is 8.42 Å². The smallest absolute Gasteiger partial charge is 0.305 e. The maximum Gasteiger partial charge on any atom is 0.305 e. The molecule has 0 saturated heterocycles. The third-order valence-electron chi connectivity index (χ3n) is 2.96. The van der Waals surface area contributed by atoms with Gasteiger partial charge in [0.2, 0.25) is 0 Å². The van der Waals surface area contributed by atoms with E-state index in [0.29, 0.717) is 18.5 Å². The molecule has 0 N–H and O–H groups in total. The molecular weight excluding hydrogens is 294 g/mol. The van der Waals surface area contributed by atoms with E-state index in [-0.39, 0.29) is 23.2 Å². The second-order valence-electron chi connectivity index (χ2n) is 4.71. The Hall–Kier alpha value is -1.89. The molecule has 1 aromatic rings. The lowest BCUT2D eigenvalue weighted by Gasteiger charge is -2.17. The molecule has 21 heavy (non-hydrogen) atoms. The molecule has 0 spiro atoms. The average Bonchev–Trinajstić information content (AvgIpc) is 2.45. The van der Waals surface area contributed by atoms with Crippen molar-refractivity contribution >= 4 is 21.7 Å². The van der Waals surface area contributed by atoms with Gasteiger partial charge in [-0.1, -0.05) is 6.07 Å². The minimum absolute atomic E-state index is 0.108. The Kier molecular flexibility index (Phi) is 5.90. The highest BCUT2D eigenvalue weighted by atomic mass is 32.2. The molecule has 116 valence electrons. The van der Waals surface area contributed by atoms with Crippen LogP contribution in [0.3, 0.4) is 0 Å². The summed E-state index contributed by atoms with van der Waals surface area (Å²) in [6.45, 7) is 0.386. The normalized spacial score (nSPS) is 11.0. The van der Waals surface area contributed by atoms with Crippen LogP contribution in [-0.2, 0) is 19.4 Å². The van der Waals surface area contributed by atoms with E-state index in [1.807, 2.05) is 0 Å². The lowest BCUT2D eigenvalue weighted by atomic mass is 10.2. The Labute approximate surface area is 124 Å². The summed E-state index contributed by atoms with van der Waals surface area (Å²) < 4.78 is 27.5. The van der Waals surface area contributed by atoms with Crippen LogP contribution in [0.5, 0.6) is 0 Å². The van der Waals surface area contributed by atoms with Crippen LogP contribution in [0.2, 0.25) is 0 Å². The maximum absolute atomic E-state index is 12.2. The molecule has 0 aliphatic rings. The Morgan fingerprint density at radius 2 is 1.95 bits per heavy atom. The summed E-state index contributed by atoms with van der Waals surface area (Å²) in [5.41, 5.74) is 0.304. The average molecular weight is 313 g/mol. The SMILES string of the molecule is COC(=O)CCCN(C)C(=O)c1cccc(S(C)(=O)=O)c1. The fraction of sp³-hybridized carbons (Fsp3) is 0.429. The predicted molar refractivity (Wildman–Crippen MR) is 77.8 cm³/mol. The van der Waals surface area contributed by atoms with Crippen LogP contribution in [0.15, 0.2) is 29.2 Å². The molecular formula is C14H19NO5S. The molecule has 0 unspecified atom stereocenters. The first-order chi connectivity index (χ1) is 9.75. The summed E-state index contributed by atoms with van der Waals surface area (Å²) in [6.07, 6.45) is 1.81. The molecule has 6 nitrogen and oxygen atoms in total. The molecule has 0 aromatic heterocycles. The number of carbonyl (C=O) groups excluding carboxylic acids is 2. The number of benzene rings is 1. The van der Waals surface area contributed by atoms with Crippen LogP contribution in [0.1, 0.15) is 23.2 Å². The number of methoxy groups -OCH3 is 1. The summed E-state index contributed by atoms with van der Waals surface area (Å²) in [5, 5.41) is 0. The largest absolute Gasteiger partial charge is 0.469 e. The van der Waals surface area contributed by atoms with E-state index in [1.165, 1.54) is 30.2 Å². The van der Waals surface area contributed by atoms with Crippen LogP contribution < -0.4 is 0 Å². The molecule has 0 radical (unpaired) electrons. The van der Waals surface area contributed by atoms with E-state index in [9.17, 15) is 18.0 Å². The molecule has 0 atom stereocenters. The third-order valence-corrected chi connectivity index (χ3v) is 4.07. The molecule has 0 aliphatic carbocycles. The van der Waals surface area contributed by atoms with Gasteiger partial charge >= 0.3 is 5.97 Å². The molecule has 0 saturated carbocycles. The standard InChI is InChI=1S/C14H19NO5S/c1-15(9-5-8-13(16)20-2)14(17)11-6-4-7-12(10-11)21(3,18)19/h4,6-7,10H,5,8-9H2,1-3H3. The van der Waals surface area contributed by atoms with Crippen molar-refractivity contribution < 1.29 is 22.7 Å². The topological polar surface area (TPSA) is 80.8 Å². The minimum Gasteiger partial charge on any atom is -0.469 e. The first kappa shape index (κ1) is 17.2. The van der Waals surface area contributed by atoms with Crippen molar-refractivity contribution in [2.45, 2.75) is 17.7 Å². The minimum atomic E-state index is -3.35. The zero-order valence-corrected chi connectivity index (χ0v) is 13.1. The number of amides is 1. The highest BCUT2D eigenvalue weighted by molar-refractivity contribution is 7.90. The van der Waals surface area contributed by atoms with Crippen LogP contribution >= 0.6 is 0 Å². The maximum atomic E-state index is 12.2. The molecule has 1 amide bonds. The molecule has 1 rings (SSSR count). The number of rotatable bonds is 6.